The first-order valence-electron chi connectivity index (χ1n) is 8.13. The van der Waals surface area contributed by atoms with Crippen molar-refractivity contribution >= 4 is 11.6 Å². The number of amides is 1. The zero-order valence-electron chi connectivity index (χ0n) is 14.4. The minimum Gasteiger partial charge on any atom is -0.324 e. The molecule has 2 aromatic carbocycles. The van der Waals surface area contributed by atoms with Gasteiger partial charge in [-0.25, -0.2) is 4.39 Å². The van der Waals surface area contributed by atoms with Gasteiger partial charge in [0.1, 0.15) is 5.82 Å². The van der Waals surface area contributed by atoms with Crippen molar-refractivity contribution in [1.82, 2.24) is 5.32 Å². The number of alkyl halides is 3. The summed E-state index contributed by atoms with van der Waals surface area (Å²) in [5.74, 6) is -0.858. The van der Waals surface area contributed by atoms with Gasteiger partial charge in [0.25, 0.3) is 0 Å². The maximum Gasteiger partial charge on any atom is 0.418 e. The Balaban J connectivity index is 2.05. The molecule has 0 saturated carbocycles. The molecule has 7 heteroatoms. The summed E-state index contributed by atoms with van der Waals surface area (Å²) in [6.45, 7) is 3.68. The van der Waals surface area contributed by atoms with E-state index in [-0.39, 0.29) is 30.0 Å². The van der Waals surface area contributed by atoms with E-state index in [1.807, 2.05) is 13.8 Å². The molecule has 26 heavy (non-hydrogen) atoms. The van der Waals surface area contributed by atoms with Gasteiger partial charge in [-0.15, -0.1) is 0 Å². The van der Waals surface area contributed by atoms with Crippen LogP contribution in [-0.2, 0) is 11.0 Å². The molecule has 1 atom stereocenters. The molecule has 0 aliphatic heterocycles. The highest BCUT2D eigenvalue weighted by molar-refractivity contribution is 5.93. The van der Waals surface area contributed by atoms with Gasteiger partial charge in [-0.2, -0.15) is 13.2 Å². The molecule has 3 nitrogen and oxygen atoms in total. The lowest BCUT2D eigenvalue weighted by Crippen LogP contribution is -2.34. The number of benzene rings is 2. The summed E-state index contributed by atoms with van der Waals surface area (Å²) in [4.78, 5) is 12.1. The van der Waals surface area contributed by atoms with Crippen LogP contribution in [-0.4, -0.2) is 12.5 Å². The van der Waals surface area contributed by atoms with Gasteiger partial charge < -0.3 is 10.6 Å². The third-order valence-corrected chi connectivity index (χ3v) is 3.88. The van der Waals surface area contributed by atoms with Crippen LogP contribution in [0.15, 0.2) is 48.5 Å². The smallest absolute Gasteiger partial charge is 0.324 e. The van der Waals surface area contributed by atoms with Gasteiger partial charge in [0, 0.05) is 6.04 Å². The Morgan fingerprint density at radius 1 is 1.04 bits per heavy atom. The number of anilines is 1. The van der Waals surface area contributed by atoms with E-state index in [2.05, 4.69) is 10.6 Å². The summed E-state index contributed by atoms with van der Waals surface area (Å²) >= 11 is 0. The quantitative estimate of drug-likeness (QED) is 0.721. The first kappa shape index (κ1) is 19.9. The fourth-order valence-electron chi connectivity index (χ4n) is 2.64. The maximum absolute atomic E-state index is 13.1. The molecule has 2 N–H and O–H groups in total. The van der Waals surface area contributed by atoms with E-state index < -0.39 is 17.6 Å². The largest absolute Gasteiger partial charge is 0.418 e. The molecule has 0 fully saturated rings. The molecule has 0 heterocycles. The number of carbonyl (C=O) groups is 1. The lowest BCUT2D eigenvalue weighted by molar-refractivity contribution is -0.137. The van der Waals surface area contributed by atoms with Crippen LogP contribution in [0.4, 0.5) is 23.2 Å². The number of hydrogen-bond acceptors (Lipinski definition) is 2. The number of halogens is 4. The summed E-state index contributed by atoms with van der Waals surface area (Å²) in [7, 11) is 0. The molecular formula is C19H20F4N2O. The Morgan fingerprint density at radius 3 is 2.23 bits per heavy atom. The van der Waals surface area contributed by atoms with Crippen molar-refractivity contribution in [3.05, 3.63) is 65.5 Å². The van der Waals surface area contributed by atoms with Crippen molar-refractivity contribution in [2.75, 3.05) is 11.9 Å². The van der Waals surface area contributed by atoms with Gasteiger partial charge >= 0.3 is 6.18 Å². The van der Waals surface area contributed by atoms with Crippen LogP contribution >= 0.6 is 0 Å². The van der Waals surface area contributed by atoms with Gasteiger partial charge in [-0.1, -0.05) is 38.1 Å². The Kier molecular flexibility index (Phi) is 6.37. The lowest BCUT2D eigenvalue weighted by atomic mass is 9.96. The van der Waals surface area contributed by atoms with Gasteiger partial charge in [0.05, 0.1) is 17.8 Å². The summed E-state index contributed by atoms with van der Waals surface area (Å²) in [5.41, 5.74) is -0.383. The monoisotopic (exact) mass is 368 g/mol. The molecule has 0 spiro atoms. The Morgan fingerprint density at radius 2 is 1.65 bits per heavy atom. The molecule has 0 aromatic heterocycles. The summed E-state index contributed by atoms with van der Waals surface area (Å²) in [6, 6.07) is 10.5. The maximum atomic E-state index is 13.1. The van der Waals surface area contributed by atoms with Crippen LogP contribution in [0.1, 0.15) is 31.0 Å². The number of para-hydroxylation sites is 1. The van der Waals surface area contributed by atoms with E-state index in [1.54, 1.807) is 12.1 Å². The molecule has 0 radical (unpaired) electrons. The number of carbonyl (C=O) groups excluding carboxylic acids is 1. The zero-order chi connectivity index (χ0) is 19.3. The second-order valence-electron chi connectivity index (χ2n) is 6.25. The second kappa shape index (κ2) is 8.31. The van der Waals surface area contributed by atoms with Crippen molar-refractivity contribution in [2.24, 2.45) is 5.92 Å². The van der Waals surface area contributed by atoms with Gasteiger partial charge in [0.2, 0.25) is 5.91 Å². The average Bonchev–Trinajstić information content (AvgIpc) is 2.56. The predicted molar refractivity (Wildman–Crippen MR) is 92.1 cm³/mol. The number of hydrogen-bond donors (Lipinski definition) is 2. The third-order valence-electron chi connectivity index (χ3n) is 3.88. The van der Waals surface area contributed by atoms with Crippen LogP contribution in [0.25, 0.3) is 0 Å². The summed E-state index contributed by atoms with van der Waals surface area (Å²) in [5, 5.41) is 5.31. The van der Waals surface area contributed by atoms with Crippen molar-refractivity contribution in [2.45, 2.75) is 26.1 Å². The van der Waals surface area contributed by atoms with E-state index >= 15 is 0 Å². The van der Waals surface area contributed by atoms with E-state index in [0.717, 1.165) is 11.6 Å². The number of rotatable bonds is 6. The van der Waals surface area contributed by atoms with Crippen LogP contribution in [0.2, 0.25) is 0 Å². The molecule has 140 valence electrons. The van der Waals surface area contributed by atoms with Crippen molar-refractivity contribution in [3.8, 4) is 0 Å². The Bertz CT molecular complexity index is 742. The van der Waals surface area contributed by atoms with Crippen LogP contribution in [0.5, 0.6) is 0 Å². The standard InChI is InChI=1S/C19H20F4N2O/c1-12(2)18(13-7-9-14(20)10-8-13)24-11-17(26)25-16-6-4-3-5-15(16)19(21,22)23/h3-10,12,18,24H,11H2,1-2H3,(H,25,26)/t18-/m1/s1. The van der Waals surface area contributed by atoms with Crippen molar-refractivity contribution < 1.29 is 22.4 Å². The zero-order valence-corrected chi connectivity index (χ0v) is 14.4. The molecule has 2 aromatic rings. The molecule has 0 aliphatic rings. The van der Waals surface area contributed by atoms with E-state index in [0.29, 0.717) is 0 Å². The van der Waals surface area contributed by atoms with Crippen LogP contribution in [0, 0.1) is 11.7 Å². The van der Waals surface area contributed by atoms with E-state index in [9.17, 15) is 22.4 Å². The molecule has 0 aliphatic carbocycles. The topological polar surface area (TPSA) is 41.1 Å². The molecule has 0 unspecified atom stereocenters. The second-order valence-corrected chi connectivity index (χ2v) is 6.25. The fraction of sp³-hybridized carbons (Fsp3) is 0.316. The van der Waals surface area contributed by atoms with E-state index in [1.165, 1.54) is 30.3 Å². The number of nitrogens with one attached hydrogen (secondary N) is 2. The third kappa shape index (κ3) is 5.29. The van der Waals surface area contributed by atoms with Crippen LogP contribution in [0.3, 0.4) is 0 Å². The first-order chi connectivity index (χ1) is 12.2. The minimum atomic E-state index is -4.55. The molecule has 0 bridgehead atoms. The normalized spacial score (nSPS) is 12.9. The Hall–Kier alpha value is -2.41. The lowest BCUT2D eigenvalue weighted by Gasteiger charge is -2.23. The molecule has 0 saturated heterocycles. The summed E-state index contributed by atoms with van der Waals surface area (Å²) < 4.78 is 52.0. The van der Waals surface area contributed by atoms with Crippen molar-refractivity contribution in [1.29, 1.82) is 0 Å². The molecule has 2 rings (SSSR count). The highest BCUT2D eigenvalue weighted by atomic mass is 19.4. The SMILES string of the molecule is CC(C)[C@@H](NCC(=O)Nc1ccccc1C(F)(F)F)c1ccc(F)cc1. The minimum absolute atomic E-state index is 0.0933. The van der Waals surface area contributed by atoms with Crippen LogP contribution < -0.4 is 10.6 Å². The summed E-state index contributed by atoms with van der Waals surface area (Å²) in [6.07, 6.45) is -4.55. The van der Waals surface area contributed by atoms with Gasteiger partial charge in [-0.3, -0.25) is 4.79 Å². The average molecular weight is 368 g/mol. The van der Waals surface area contributed by atoms with E-state index in [4.69, 9.17) is 0 Å². The Labute approximate surface area is 149 Å². The molecular weight excluding hydrogens is 348 g/mol. The van der Waals surface area contributed by atoms with Gasteiger partial charge in [0.15, 0.2) is 0 Å². The highest BCUT2D eigenvalue weighted by Gasteiger charge is 2.33. The van der Waals surface area contributed by atoms with Gasteiger partial charge in [-0.05, 0) is 35.7 Å². The predicted octanol–water partition coefficient (Wildman–Crippen LogP) is 4.77. The van der Waals surface area contributed by atoms with Crippen molar-refractivity contribution in [3.63, 3.8) is 0 Å². The molecule has 1 amide bonds. The highest BCUT2D eigenvalue weighted by Crippen LogP contribution is 2.34. The first-order valence-corrected chi connectivity index (χ1v) is 8.13. The fourth-order valence-corrected chi connectivity index (χ4v) is 2.64.